The predicted molar refractivity (Wildman–Crippen MR) is 112 cm³/mol. The van der Waals surface area contributed by atoms with Crippen molar-refractivity contribution in [3.05, 3.63) is 102 Å². The summed E-state index contributed by atoms with van der Waals surface area (Å²) in [7, 11) is 0. The number of para-hydroxylation sites is 1. The number of nitrogens with one attached hydrogen (secondary N) is 2. The van der Waals surface area contributed by atoms with Crippen molar-refractivity contribution in [2.75, 3.05) is 6.54 Å². The van der Waals surface area contributed by atoms with E-state index in [-0.39, 0.29) is 5.78 Å². The third-order valence-corrected chi connectivity index (χ3v) is 5.22. The van der Waals surface area contributed by atoms with Gasteiger partial charge in [0.05, 0.1) is 0 Å². The van der Waals surface area contributed by atoms with Crippen LogP contribution in [0, 0.1) is 0 Å². The molecule has 0 bridgehead atoms. The van der Waals surface area contributed by atoms with E-state index in [9.17, 15) is 4.79 Å². The van der Waals surface area contributed by atoms with Gasteiger partial charge in [0.25, 0.3) is 0 Å². The summed E-state index contributed by atoms with van der Waals surface area (Å²) in [5.74, 6) is 0.0529. The van der Waals surface area contributed by atoms with Crippen LogP contribution < -0.4 is 5.32 Å². The second-order valence-electron chi connectivity index (χ2n) is 7.07. The fraction of sp³-hybridized carbons (Fsp3) is 0.167. The number of benzene rings is 2. The van der Waals surface area contributed by atoms with Crippen LogP contribution in [0.15, 0.2) is 85.2 Å². The highest BCUT2D eigenvalue weighted by Crippen LogP contribution is 2.29. The molecule has 0 amide bonds. The lowest BCUT2D eigenvalue weighted by atomic mass is 9.84. The molecule has 28 heavy (non-hydrogen) atoms. The summed E-state index contributed by atoms with van der Waals surface area (Å²) in [5.41, 5.74) is 2.79. The van der Waals surface area contributed by atoms with E-state index in [1.165, 1.54) is 0 Å². The third kappa shape index (κ3) is 3.47. The Morgan fingerprint density at radius 2 is 1.75 bits per heavy atom. The summed E-state index contributed by atoms with van der Waals surface area (Å²) in [4.78, 5) is 21.3. The Bertz CT molecular complexity index is 1070. The lowest BCUT2D eigenvalue weighted by molar-refractivity contribution is 0.0866. The molecule has 4 aromatic rings. The van der Waals surface area contributed by atoms with Gasteiger partial charge in [-0.15, -0.1) is 0 Å². The topological polar surface area (TPSA) is 57.8 Å². The Labute approximate surface area is 164 Å². The molecule has 2 heterocycles. The van der Waals surface area contributed by atoms with Crippen LogP contribution in [0.4, 0.5) is 0 Å². The average molecular weight is 369 g/mol. The summed E-state index contributed by atoms with van der Waals surface area (Å²) in [5, 5.41) is 4.46. The molecule has 4 heteroatoms. The number of H-pyrrole nitrogens is 1. The number of aromatic nitrogens is 2. The number of aromatic amines is 1. The first-order chi connectivity index (χ1) is 13.7. The number of nitrogens with zero attached hydrogens (tertiary/aromatic N) is 1. The molecule has 0 aliphatic heterocycles. The van der Waals surface area contributed by atoms with Crippen LogP contribution in [0.3, 0.4) is 0 Å². The third-order valence-electron chi connectivity index (χ3n) is 5.22. The van der Waals surface area contributed by atoms with Crippen LogP contribution in [-0.4, -0.2) is 22.3 Å². The van der Waals surface area contributed by atoms with Crippen molar-refractivity contribution in [3.63, 3.8) is 0 Å². The number of hydrogen-bond acceptors (Lipinski definition) is 3. The number of Topliss-reactive ketones (excluding diaryl/α,β-unsaturated/α-hetero) is 1. The molecular formula is C24H23N3O. The van der Waals surface area contributed by atoms with Gasteiger partial charge in [-0.05, 0) is 30.7 Å². The van der Waals surface area contributed by atoms with Crippen molar-refractivity contribution < 1.29 is 4.79 Å². The molecule has 1 unspecified atom stereocenters. The van der Waals surface area contributed by atoms with E-state index in [1.807, 2.05) is 85.9 Å². The molecule has 0 fully saturated rings. The van der Waals surface area contributed by atoms with Gasteiger partial charge < -0.3 is 10.3 Å². The maximum Gasteiger partial charge on any atom is 0.189 e. The minimum atomic E-state index is -0.832. The lowest BCUT2D eigenvalue weighted by Gasteiger charge is -2.30. The zero-order valence-electron chi connectivity index (χ0n) is 15.9. The van der Waals surface area contributed by atoms with Crippen LogP contribution >= 0.6 is 0 Å². The Morgan fingerprint density at radius 3 is 2.54 bits per heavy atom. The van der Waals surface area contributed by atoms with Gasteiger partial charge in [0.15, 0.2) is 5.78 Å². The van der Waals surface area contributed by atoms with E-state index < -0.39 is 5.54 Å². The van der Waals surface area contributed by atoms with Gasteiger partial charge in [-0.25, -0.2) is 0 Å². The molecule has 0 aliphatic carbocycles. The Hall–Kier alpha value is -3.24. The number of rotatable bonds is 7. The normalized spacial score (nSPS) is 13.3. The minimum Gasteiger partial charge on any atom is -0.360 e. The monoisotopic (exact) mass is 369 g/mol. The van der Waals surface area contributed by atoms with Crippen LogP contribution in [-0.2, 0) is 12.0 Å². The van der Waals surface area contributed by atoms with E-state index in [0.29, 0.717) is 12.1 Å². The van der Waals surface area contributed by atoms with Gasteiger partial charge in [0, 0.05) is 47.5 Å². The van der Waals surface area contributed by atoms with Crippen LogP contribution in [0.1, 0.15) is 28.5 Å². The SMILES string of the molecule is CC(NCCc1ccccn1)(C(=O)c1c[nH]c2ccccc12)c1ccccc1. The summed E-state index contributed by atoms with van der Waals surface area (Å²) in [6.07, 6.45) is 4.36. The number of fused-ring (bicyclic) bond motifs is 1. The number of hydrogen-bond donors (Lipinski definition) is 2. The molecule has 4 rings (SSSR count). The van der Waals surface area contributed by atoms with Crippen LogP contribution in [0.5, 0.6) is 0 Å². The molecule has 4 nitrogen and oxygen atoms in total. The highest BCUT2D eigenvalue weighted by molar-refractivity contribution is 6.12. The second-order valence-corrected chi connectivity index (χ2v) is 7.07. The molecule has 0 radical (unpaired) electrons. The predicted octanol–water partition coefficient (Wildman–Crippen LogP) is 4.49. The van der Waals surface area contributed by atoms with E-state index >= 15 is 0 Å². The van der Waals surface area contributed by atoms with Crippen molar-refractivity contribution in [2.45, 2.75) is 18.9 Å². The van der Waals surface area contributed by atoms with E-state index in [4.69, 9.17) is 0 Å². The molecule has 0 spiro atoms. The zero-order chi connectivity index (χ0) is 19.4. The standard InChI is InChI=1S/C24H23N3O/c1-24(18-9-3-2-4-10-18,27-16-14-19-11-7-8-15-25-19)23(28)21-17-26-22-13-6-5-12-20(21)22/h2-13,15,17,26-27H,14,16H2,1H3. The first-order valence-electron chi connectivity index (χ1n) is 9.50. The fourth-order valence-corrected chi connectivity index (χ4v) is 3.60. The first kappa shape index (κ1) is 18.1. The zero-order valence-corrected chi connectivity index (χ0v) is 15.9. The Morgan fingerprint density at radius 1 is 1.00 bits per heavy atom. The first-order valence-corrected chi connectivity index (χ1v) is 9.50. The Balaban J connectivity index is 1.66. The van der Waals surface area contributed by atoms with E-state index in [1.54, 1.807) is 6.20 Å². The van der Waals surface area contributed by atoms with Gasteiger partial charge in [-0.2, -0.15) is 0 Å². The molecule has 2 N–H and O–H groups in total. The molecular weight excluding hydrogens is 346 g/mol. The summed E-state index contributed by atoms with van der Waals surface area (Å²) in [6, 6.07) is 23.7. The lowest BCUT2D eigenvalue weighted by Crippen LogP contribution is -2.47. The van der Waals surface area contributed by atoms with Crippen molar-refractivity contribution in [3.8, 4) is 0 Å². The maximum absolute atomic E-state index is 13.7. The van der Waals surface area contributed by atoms with Crippen molar-refractivity contribution in [1.29, 1.82) is 0 Å². The van der Waals surface area contributed by atoms with E-state index in [0.717, 1.165) is 28.6 Å². The van der Waals surface area contributed by atoms with E-state index in [2.05, 4.69) is 15.3 Å². The number of carbonyl (C=O) groups is 1. The molecule has 0 saturated carbocycles. The molecule has 2 aromatic carbocycles. The summed E-state index contributed by atoms with van der Waals surface area (Å²) < 4.78 is 0. The molecule has 2 aromatic heterocycles. The maximum atomic E-state index is 13.7. The largest absolute Gasteiger partial charge is 0.360 e. The van der Waals surface area contributed by atoms with Crippen LogP contribution in [0.25, 0.3) is 10.9 Å². The molecule has 1 atom stereocenters. The van der Waals surface area contributed by atoms with Crippen molar-refractivity contribution in [1.82, 2.24) is 15.3 Å². The van der Waals surface area contributed by atoms with Gasteiger partial charge >= 0.3 is 0 Å². The quantitative estimate of drug-likeness (QED) is 0.472. The number of pyridine rings is 1. The smallest absolute Gasteiger partial charge is 0.189 e. The summed E-state index contributed by atoms with van der Waals surface area (Å²) in [6.45, 7) is 2.61. The molecule has 0 aliphatic rings. The highest BCUT2D eigenvalue weighted by Gasteiger charge is 2.36. The van der Waals surface area contributed by atoms with Gasteiger partial charge in [-0.1, -0.05) is 54.6 Å². The minimum absolute atomic E-state index is 0.0529. The van der Waals surface area contributed by atoms with Crippen molar-refractivity contribution >= 4 is 16.7 Å². The van der Waals surface area contributed by atoms with Crippen molar-refractivity contribution in [2.24, 2.45) is 0 Å². The summed E-state index contributed by atoms with van der Waals surface area (Å²) >= 11 is 0. The van der Waals surface area contributed by atoms with Crippen LogP contribution in [0.2, 0.25) is 0 Å². The number of ketones is 1. The molecule has 140 valence electrons. The van der Waals surface area contributed by atoms with Gasteiger partial charge in [0.1, 0.15) is 5.54 Å². The average Bonchev–Trinajstić information content (AvgIpc) is 3.18. The molecule has 0 saturated heterocycles. The highest BCUT2D eigenvalue weighted by atomic mass is 16.1. The second kappa shape index (κ2) is 7.79. The fourth-order valence-electron chi connectivity index (χ4n) is 3.60. The van der Waals surface area contributed by atoms with Gasteiger partial charge in [-0.3, -0.25) is 9.78 Å². The van der Waals surface area contributed by atoms with Gasteiger partial charge in [0.2, 0.25) is 0 Å². The Kier molecular flexibility index (Phi) is 5.04. The number of carbonyl (C=O) groups excluding carboxylic acids is 1.